The SMILES string of the molecule is CCNC(=O)[C@@H]1CCCCNC(=O)C[C@H](N)C(=O)N[C@@H](Cc2c[nH]c3ccccc23)C(=O)N[C@H](Cc2ccc3ccccc3c2)C(=O)N[C@@H](CCCCN)C(=O)N[C@@H](Cc2ccc3ccccc3c2)C(=O)N1. The summed E-state index contributed by atoms with van der Waals surface area (Å²) in [6.45, 7) is 2.60. The van der Waals surface area contributed by atoms with Crippen molar-refractivity contribution in [2.75, 3.05) is 19.6 Å². The van der Waals surface area contributed by atoms with Crippen LogP contribution in [0.2, 0.25) is 0 Å². The molecule has 0 saturated carbocycles. The van der Waals surface area contributed by atoms with Crippen LogP contribution in [0, 0.1) is 0 Å². The number of benzene rings is 5. The highest BCUT2D eigenvalue weighted by Crippen LogP contribution is 2.22. The van der Waals surface area contributed by atoms with E-state index in [0.29, 0.717) is 49.9 Å². The number of para-hydroxylation sites is 1. The summed E-state index contributed by atoms with van der Waals surface area (Å²) in [5.41, 5.74) is 15.2. The largest absolute Gasteiger partial charge is 0.361 e. The first kappa shape index (κ1) is 52.2. The van der Waals surface area contributed by atoms with Crippen LogP contribution < -0.4 is 48.7 Å². The number of H-pyrrole nitrogens is 1. The van der Waals surface area contributed by atoms with Gasteiger partial charge in [-0.15, -0.1) is 0 Å². The molecule has 7 rings (SSSR count). The second-order valence-corrected chi connectivity index (χ2v) is 18.5. The Morgan fingerprint density at radius 2 is 1.15 bits per heavy atom. The van der Waals surface area contributed by atoms with Crippen LogP contribution in [0.25, 0.3) is 32.4 Å². The zero-order valence-corrected chi connectivity index (χ0v) is 40.6. The first-order valence-electron chi connectivity index (χ1n) is 24.9. The van der Waals surface area contributed by atoms with Crippen molar-refractivity contribution in [1.29, 1.82) is 0 Å². The van der Waals surface area contributed by atoms with Crippen LogP contribution in [0.3, 0.4) is 0 Å². The molecular formula is C55H66N10O7. The van der Waals surface area contributed by atoms with Crippen molar-refractivity contribution in [3.8, 4) is 0 Å². The average molecular weight is 979 g/mol. The van der Waals surface area contributed by atoms with E-state index in [2.05, 4.69) is 42.2 Å². The molecule has 7 amide bonds. The lowest BCUT2D eigenvalue weighted by atomic mass is 9.98. The van der Waals surface area contributed by atoms with Gasteiger partial charge in [-0.05, 0) is 96.3 Å². The summed E-state index contributed by atoms with van der Waals surface area (Å²) in [6.07, 6.45) is 3.55. The molecule has 72 heavy (non-hydrogen) atoms. The molecule has 1 aliphatic heterocycles. The lowest BCUT2D eigenvalue weighted by Gasteiger charge is -2.28. The van der Waals surface area contributed by atoms with E-state index >= 15 is 0 Å². The van der Waals surface area contributed by atoms with Crippen molar-refractivity contribution >= 4 is 73.8 Å². The summed E-state index contributed by atoms with van der Waals surface area (Å²) in [5.74, 6) is -4.33. The fourth-order valence-corrected chi connectivity index (χ4v) is 9.11. The van der Waals surface area contributed by atoms with Crippen LogP contribution in [0.15, 0.2) is 115 Å². The van der Waals surface area contributed by atoms with Crippen LogP contribution in [-0.2, 0) is 52.8 Å². The van der Waals surface area contributed by atoms with Crippen LogP contribution in [-0.4, -0.2) is 102 Å². The zero-order chi connectivity index (χ0) is 51.0. The lowest BCUT2D eigenvalue weighted by molar-refractivity contribution is -0.135. The Bertz CT molecular complexity index is 2880. The molecule has 0 bridgehead atoms. The van der Waals surface area contributed by atoms with Gasteiger partial charge in [0.15, 0.2) is 0 Å². The minimum absolute atomic E-state index is 0.00707. The van der Waals surface area contributed by atoms with E-state index < -0.39 is 77.6 Å². The highest BCUT2D eigenvalue weighted by molar-refractivity contribution is 5.98. The molecule has 2 heterocycles. The van der Waals surface area contributed by atoms with E-state index in [0.717, 1.165) is 38.0 Å². The lowest BCUT2D eigenvalue weighted by Crippen LogP contribution is -2.60. The molecule has 0 radical (unpaired) electrons. The molecule has 0 aliphatic carbocycles. The Labute approximate surface area is 418 Å². The van der Waals surface area contributed by atoms with Crippen molar-refractivity contribution < 1.29 is 33.6 Å². The number of fused-ring (bicyclic) bond motifs is 3. The highest BCUT2D eigenvalue weighted by Gasteiger charge is 2.34. The number of carbonyl (C=O) groups is 7. The summed E-state index contributed by atoms with van der Waals surface area (Å²) in [5, 5.41) is 24.6. The molecule has 0 spiro atoms. The molecule has 17 heteroatoms. The van der Waals surface area contributed by atoms with E-state index in [-0.39, 0.29) is 45.1 Å². The Morgan fingerprint density at radius 3 is 1.78 bits per heavy atom. The molecule has 17 nitrogen and oxygen atoms in total. The van der Waals surface area contributed by atoms with Gasteiger partial charge >= 0.3 is 0 Å². The predicted molar refractivity (Wildman–Crippen MR) is 278 cm³/mol. The smallest absolute Gasteiger partial charge is 0.243 e. The summed E-state index contributed by atoms with van der Waals surface area (Å²) in [6, 6.07) is 27.1. The second kappa shape index (κ2) is 25.5. The number of amides is 7. The van der Waals surface area contributed by atoms with Gasteiger partial charge in [-0.2, -0.15) is 0 Å². The number of hydrogen-bond acceptors (Lipinski definition) is 9. The fourth-order valence-electron chi connectivity index (χ4n) is 9.11. The molecule has 6 atom stereocenters. The van der Waals surface area contributed by atoms with Gasteiger partial charge in [-0.1, -0.05) is 103 Å². The number of aromatic nitrogens is 1. The van der Waals surface area contributed by atoms with E-state index in [9.17, 15) is 33.6 Å². The maximum Gasteiger partial charge on any atom is 0.243 e. The van der Waals surface area contributed by atoms with Gasteiger partial charge in [0.25, 0.3) is 0 Å². The Hall–Kier alpha value is -7.63. The summed E-state index contributed by atoms with van der Waals surface area (Å²) in [7, 11) is 0. The average Bonchev–Trinajstić information content (AvgIpc) is 3.79. The second-order valence-electron chi connectivity index (χ2n) is 18.5. The summed E-state index contributed by atoms with van der Waals surface area (Å²) >= 11 is 0. The topological polar surface area (TPSA) is 272 Å². The third-order valence-electron chi connectivity index (χ3n) is 13.1. The maximum atomic E-state index is 14.9. The third kappa shape index (κ3) is 14.3. The molecule has 1 fully saturated rings. The zero-order valence-electron chi connectivity index (χ0n) is 40.6. The summed E-state index contributed by atoms with van der Waals surface area (Å²) in [4.78, 5) is 102. The van der Waals surface area contributed by atoms with Crippen molar-refractivity contribution in [1.82, 2.24) is 42.2 Å². The quantitative estimate of drug-likeness (QED) is 0.0806. The number of aromatic amines is 1. The Balaban J connectivity index is 1.25. The molecular weight excluding hydrogens is 913 g/mol. The van der Waals surface area contributed by atoms with Gasteiger partial charge in [-0.25, -0.2) is 0 Å². The molecule has 5 aromatic carbocycles. The Morgan fingerprint density at radius 1 is 0.611 bits per heavy atom. The molecule has 378 valence electrons. The first-order chi connectivity index (χ1) is 34.9. The minimum Gasteiger partial charge on any atom is -0.361 e. The van der Waals surface area contributed by atoms with Gasteiger partial charge in [-0.3, -0.25) is 33.6 Å². The van der Waals surface area contributed by atoms with Crippen LogP contribution in [0.5, 0.6) is 0 Å². The van der Waals surface area contributed by atoms with E-state index in [1.54, 1.807) is 13.1 Å². The third-order valence-corrected chi connectivity index (χ3v) is 13.1. The number of rotatable bonds is 12. The maximum absolute atomic E-state index is 14.9. The first-order valence-corrected chi connectivity index (χ1v) is 24.9. The van der Waals surface area contributed by atoms with Gasteiger partial charge < -0.3 is 53.7 Å². The van der Waals surface area contributed by atoms with Gasteiger partial charge in [0.2, 0.25) is 41.4 Å². The van der Waals surface area contributed by atoms with E-state index in [1.165, 1.54) is 0 Å². The number of carbonyl (C=O) groups excluding carboxylic acids is 7. The van der Waals surface area contributed by atoms with E-state index in [1.807, 2.05) is 109 Å². The predicted octanol–water partition coefficient (Wildman–Crippen LogP) is 3.21. The van der Waals surface area contributed by atoms with Gasteiger partial charge in [0.05, 0.1) is 12.5 Å². The van der Waals surface area contributed by atoms with Crippen molar-refractivity contribution in [2.24, 2.45) is 11.5 Å². The van der Waals surface area contributed by atoms with Crippen LogP contribution in [0.4, 0.5) is 0 Å². The number of hydrogen-bond donors (Lipinski definition) is 10. The van der Waals surface area contributed by atoms with Crippen LogP contribution in [0.1, 0.15) is 68.6 Å². The fraction of sp³-hybridized carbons (Fsp3) is 0.364. The van der Waals surface area contributed by atoms with Crippen LogP contribution >= 0.6 is 0 Å². The molecule has 1 saturated heterocycles. The van der Waals surface area contributed by atoms with E-state index in [4.69, 9.17) is 11.5 Å². The molecule has 1 aromatic heterocycles. The summed E-state index contributed by atoms with van der Waals surface area (Å²) < 4.78 is 0. The Kier molecular flexibility index (Phi) is 18.5. The number of nitrogens with two attached hydrogens (primary N) is 2. The number of nitrogens with one attached hydrogen (secondary N) is 8. The number of likely N-dealkylation sites (N-methyl/N-ethyl adjacent to an activating group) is 1. The normalized spacial score (nSPS) is 21.5. The molecule has 1 aliphatic rings. The minimum atomic E-state index is -1.34. The molecule has 6 aromatic rings. The van der Waals surface area contributed by atoms with Crippen molar-refractivity contribution in [3.05, 3.63) is 132 Å². The number of unbranched alkanes of at least 4 members (excludes halogenated alkanes) is 1. The monoisotopic (exact) mass is 979 g/mol. The standard InChI is InChI=1S/C55H66N10O7/c1-2-58-51(68)44-20-10-12-26-59-49(66)32-42(57)50(67)63-48(31-40-33-60-43-18-8-7-17-41(40)43)55(72)65-47(30-35-22-24-37-14-4-6-16-39(37)28-35)54(71)62-45(19-9-11-25-56)52(69)64-46(53(70)61-44)29-34-21-23-36-13-3-5-15-38(36)27-34/h3-8,13-18,21-24,27-28,33,42,44-48,60H,2,9-12,19-20,25-26,29-32,56-57H2,1H3,(H,58,68)(H,59,66)(H,61,70)(H,62,71)(H,63,67)(H,64,69)(H,65,72)/t42-,44-,45-,46-,47+,48-/m0/s1. The van der Waals surface area contributed by atoms with Crippen molar-refractivity contribution in [3.63, 3.8) is 0 Å². The molecule has 12 N–H and O–H groups in total. The van der Waals surface area contributed by atoms with Gasteiger partial charge in [0, 0.05) is 49.5 Å². The molecule has 0 unspecified atom stereocenters. The van der Waals surface area contributed by atoms with Gasteiger partial charge in [0.1, 0.15) is 30.2 Å². The highest BCUT2D eigenvalue weighted by atomic mass is 16.2. The van der Waals surface area contributed by atoms with Crippen molar-refractivity contribution in [2.45, 2.75) is 107 Å².